The molecule has 2 heteroatoms. The van der Waals surface area contributed by atoms with Gasteiger partial charge in [0.15, 0.2) is 0 Å². The first-order valence-corrected chi connectivity index (χ1v) is 3.99. The second kappa shape index (κ2) is 2.93. The van der Waals surface area contributed by atoms with Crippen molar-refractivity contribution in [2.45, 2.75) is 6.54 Å². The molecule has 1 aliphatic rings. The summed E-state index contributed by atoms with van der Waals surface area (Å²) in [5.41, 5.74) is 2.60. The number of hydrogen-bond donors (Lipinski definition) is 2. The fourth-order valence-electron chi connectivity index (χ4n) is 1.32. The van der Waals surface area contributed by atoms with E-state index in [4.69, 9.17) is 0 Å². The topological polar surface area (TPSA) is 24.1 Å². The lowest BCUT2D eigenvalue weighted by molar-refractivity contribution is 0.701. The predicted molar refractivity (Wildman–Crippen MR) is 46.6 cm³/mol. The van der Waals surface area contributed by atoms with Crippen molar-refractivity contribution in [1.82, 2.24) is 5.32 Å². The van der Waals surface area contributed by atoms with Crippen LogP contribution in [0.2, 0.25) is 0 Å². The van der Waals surface area contributed by atoms with E-state index >= 15 is 0 Å². The molecular formula is C9H12N2. The van der Waals surface area contributed by atoms with E-state index in [1.54, 1.807) is 0 Å². The smallest absolute Gasteiger partial charge is 0.0343 e. The Kier molecular flexibility index (Phi) is 1.78. The summed E-state index contributed by atoms with van der Waals surface area (Å²) in [5.74, 6) is 0. The lowest BCUT2D eigenvalue weighted by Gasteiger charge is -2.13. The van der Waals surface area contributed by atoms with Crippen LogP contribution in [-0.4, -0.2) is 13.1 Å². The van der Waals surface area contributed by atoms with Crippen LogP contribution in [0.5, 0.6) is 0 Å². The molecular weight excluding hydrogens is 136 g/mol. The van der Waals surface area contributed by atoms with Crippen molar-refractivity contribution in [3.63, 3.8) is 0 Å². The number of fused-ring (bicyclic) bond motifs is 2. The maximum absolute atomic E-state index is 3.33. The molecule has 2 rings (SSSR count). The highest BCUT2D eigenvalue weighted by molar-refractivity contribution is 5.46. The third kappa shape index (κ3) is 1.52. The Balaban J connectivity index is 2.30. The van der Waals surface area contributed by atoms with Gasteiger partial charge in [-0.1, -0.05) is 12.1 Å². The zero-order valence-corrected chi connectivity index (χ0v) is 6.43. The molecule has 1 heterocycles. The third-order valence-corrected chi connectivity index (χ3v) is 1.89. The molecule has 2 bridgehead atoms. The SMILES string of the molecule is c1cc2cc(c1)NCCNC2. The summed E-state index contributed by atoms with van der Waals surface area (Å²) in [6.45, 7) is 3.06. The largest absolute Gasteiger partial charge is 0.384 e. The van der Waals surface area contributed by atoms with Crippen LogP contribution in [-0.2, 0) is 6.54 Å². The van der Waals surface area contributed by atoms with Gasteiger partial charge in [0.1, 0.15) is 0 Å². The van der Waals surface area contributed by atoms with Crippen LogP contribution in [0.1, 0.15) is 5.56 Å². The van der Waals surface area contributed by atoms with Gasteiger partial charge in [0.25, 0.3) is 0 Å². The Morgan fingerprint density at radius 2 is 2.18 bits per heavy atom. The zero-order valence-electron chi connectivity index (χ0n) is 6.43. The van der Waals surface area contributed by atoms with Gasteiger partial charge in [-0.2, -0.15) is 0 Å². The van der Waals surface area contributed by atoms with Crippen LogP contribution in [0.25, 0.3) is 0 Å². The third-order valence-electron chi connectivity index (χ3n) is 1.89. The molecule has 0 aromatic heterocycles. The molecule has 2 N–H and O–H groups in total. The molecule has 2 nitrogen and oxygen atoms in total. The van der Waals surface area contributed by atoms with Crippen LogP contribution in [0.15, 0.2) is 24.3 Å². The highest BCUT2D eigenvalue weighted by Crippen LogP contribution is 2.10. The lowest BCUT2D eigenvalue weighted by atomic mass is 10.2. The first-order valence-electron chi connectivity index (χ1n) is 3.99. The van der Waals surface area contributed by atoms with Gasteiger partial charge < -0.3 is 10.6 Å². The summed E-state index contributed by atoms with van der Waals surface area (Å²) in [5, 5.41) is 6.66. The first-order chi connectivity index (χ1) is 5.45. The molecule has 0 saturated heterocycles. The van der Waals surface area contributed by atoms with Crippen molar-refractivity contribution >= 4 is 5.69 Å². The standard InChI is InChI=1S/C9H12N2/c1-2-8-6-9(3-1)11-5-4-10-7-8/h1-3,6,10-11H,4-5,7H2. The number of anilines is 1. The normalized spacial score (nSPS) is 16.4. The van der Waals surface area contributed by atoms with Crippen molar-refractivity contribution in [2.24, 2.45) is 0 Å². The Morgan fingerprint density at radius 3 is 3.18 bits per heavy atom. The van der Waals surface area contributed by atoms with E-state index in [0.717, 1.165) is 19.6 Å². The zero-order chi connectivity index (χ0) is 7.52. The van der Waals surface area contributed by atoms with Crippen LogP contribution in [0.3, 0.4) is 0 Å². The van der Waals surface area contributed by atoms with Crippen LogP contribution in [0, 0.1) is 0 Å². The van der Waals surface area contributed by atoms with E-state index in [0.29, 0.717) is 0 Å². The molecule has 0 radical (unpaired) electrons. The Hall–Kier alpha value is -1.02. The van der Waals surface area contributed by atoms with Crippen molar-refractivity contribution in [3.05, 3.63) is 29.8 Å². The van der Waals surface area contributed by atoms with Crippen molar-refractivity contribution in [1.29, 1.82) is 0 Å². The Morgan fingerprint density at radius 1 is 1.18 bits per heavy atom. The van der Waals surface area contributed by atoms with Crippen molar-refractivity contribution in [2.75, 3.05) is 18.4 Å². The molecule has 0 fully saturated rings. The van der Waals surface area contributed by atoms with Crippen molar-refractivity contribution < 1.29 is 0 Å². The van der Waals surface area contributed by atoms with E-state index in [1.165, 1.54) is 11.3 Å². The summed E-state index contributed by atoms with van der Waals surface area (Å²) < 4.78 is 0. The Bertz CT molecular complexity index is 224. The fraction of sp³-hybridized carbons (Fsp3) is 0.333. The van der Waals surface area contributed by atoms with Gasteiger partial charge in [0, 0.05) is 25.3 Å². The second-order valence-corrected chi connectivity index (χ2v) is 2.80. The van der Waals surface area contributed by atoms with Gasteiger partial charge in [0.05, 0.1) is 0 Å². The lowest BCUT2D eigenvalue weighted by Crippen LogP contribution is -2.23. The van der Waals surface area contributed by atoms with Crippen LogP contribution >= 0.6 is 0 Å². The fourth-order valence-corrected chi connectivity index (χ4v) is 1.32. The van der Waals surface area contributed by atoms with Gasteiger partial charge >= 0.3 is 0 Å². The molecule has 1 aliphatic heterocycles. The monoisotopic (exact) mass is 148 g/mol. The Labute approximate surface area is 66.6 Å². The summed E-state index contributed by atoms with van der Waals surface area (Å²) in [6.07, 6.45) is 0. The van der Waals surface area contributed by atoms with E-state index < -0.39 is 0 Å². The number of nitrogens with one attached hydrogen (secondary N) is 2. The highest BCUT2D eigenvalue weighted by atomic mass is 14.9. The molecule has 58 valence electrons. The van der Waals surface area contributed by atoms with Crippen molar-refractivity contribution in [3.8, 4) is 0 Å². The average Bonchev–Trinajstić information content (AvgIpc) is 2.02. The van der Waals surface area contributed by atoms with E-state index in [2.05, 4.69) is 34.9 Å². The van der Waals surface area contributed by atoms with Crippen LogP contribution in [0.4, 0.5) is 5.69 Å². The molecule has 0 saturated carbocycles. The van der Waals surface area contributed by atoms with Gasteiger partial charge in [-0.25, -0.2) is 0 Å². The van der Waals surface area contributed by atoms with Gasteiger partial charge in [-0.15, -0.1) is 0 Å². The molecule has 0 spiro atoms. The first kappa shape index (κ1) is 6.68. The molecule has 0 amide bonds. The molecule has 1 aromatic carbocycles. The highest BCUT2D eigenvalue weighted by Gasteiger charge is 1.98. The second-order valence-electron chi connectivity index (χ2n) is 2.80. The molecule has 0 unspecified atom stereocenters. The summed E-state index contributed by atoms with van der Waals surface area (Å²) >= 11 is 0. The number of rotatable bonds is 0. The molecule has 11 heavy (non-hydrogen) atoms. The molecule has 1 aromatic rings. The van der Waals surface area contributed by atoms with E-state index in [1.807, 2.05) is 0 Å². The van der Waals surface area contributed by atoms with Crippen LogP contribution < -0.4 is 10.6 Å². The summed E-state index contributed by atoms with van der Waals surface area (Å²) in [7, 11) is 0. The number of benzene rings is 1. The average molecular weight is 148 g/mol. The minimum atomic E-state index is 0.996. The van der Waals surface area contributed by atoms with E-state index in [9.17, 15) is 0 Å². The summed E-state index contributed by atoms with van der Waals surface area (Å²) in [4.78, 5) is 0. The minimum absolute atomic E-state index is 0.996. The maximum Gasteiger partial charge on any atom is 0.0343 e. The van der Waals surface area contributed by atoms with Gasteiger partial charge in [0.2, 0.25) is 0 Å². The molecule has 0 aliphatic carbocycles. The quantitative estimate of drug-likeness (QED) is 0.577. The summed E-state index contributed by atoms with van der Waals surface area (Å²) in [6, 6.07) is 8.52. The van der Waals surface area contributed by atoms with Gasteiger partial charge in [-0.3, -0.25) is 0 Å². The van der Waals surface area contributed by atoms with E-state index in [-0.39, 0.29) is 0 Å². The minimum Gasteiger partial charge on any atom is -0.384 e. The molecule has 0 atom stereocenters. The predicted octanol–water partition coefficient (Wildman–Crippen LogP) is 1.20. The number of hydrogen-bond acceptors (Lipinski definition) is 2. The maximum atomic E-state index is 3.33. The van der Waals surface area contributed by atoms with Gasteiger partial charge in [-0.05, 0) is 17.7 Å².